The van der Waals surface area contributed by atoms with Gasteiger partial charge in [-0.05, 0) is 24.8 Å². The molecule has 0 unspecified atom stereocenters. The standard InChI is InChI=1S/C19H25ClN4O4S/c1-4-10-8-12(21-16(10)20)17(25)22-11-6-7-24(9-13(11)28-3)19-23-15(18(26)27)14(5-2)29-19/h11,13H,4-9H2,1-3H3,(H,22,25)(H,26,27)/t11-,13+/m1/s1. The summed E-state index contributed by atoms with van der Waals surface area (Å²) in [6.45, 7) is 5.07. The number of aromatic nitrogens is 1. The van der Waals surface area contributed by atoms with Gasteiger partial charge in [0.15, 0.2) is 10.8 Å². The number of hydrogen-bond acceptors (Lipinski definition) is 7. The third-order valence-electron chi connectivity index (χ3n) is 5.25. The molecule has 2 aliphatic rings. The molecule has 0 aromatic carbocycles. The molecule has 10 heteroatoms. The van der Waals surface area contributed by atoms with E-state index in [4.69, 9.17) is 16.3 Å². The summed E-state index contributed by atoms with van der Waals surface area (Å²) in [5.41, 5.74) is 1.52. The first-order valence-electron chi connectivity index (χ1n) is 9.64. The Morgan fingerprint density at radius 2 is 2.14 bits per heavy atom. The van der Waals surface area contributed by atoms with Crippen LogP contribution in [-0.2, 0) is 16.0 Å². The van der Waals surface area contributed by atoms with Crippen LogP contribution >= 0.6 is 22.9 Å². The first kappa shape index (κ1) is 21.7. The third kappa shape index (κ3) is 4.62. The predicted octanol–water partition coefficient (Wildman–Crippen LogP) is 2.82. The molecule has 2 aliphatic heterocycles. The van der Waals surface area contributed by atoms with Gasteiger partial charge in [0.2, 0.25) is 0 Å². The number of allylic oxidation sites excluding steroid dienone is 1. The second kappa shape index (κ2) is 9.23. The average Bonchev–Trinajstić information content (AvgIpc) is 3.31. The number of carbonyl (C=O) groups is 2. The number of carbonyl (C=O) groups excluding carboxylic acids is 1. The minimum absolute atomic E-state index is 0.118. The van der Waals surface area contributed by atoms with Crippen molar-refractivity contribution in [3.8, 4) is 0 Å². The van der Waals surface area contributed by atoms with Gasteiger partial charge < -0.3 is 20.1 Å². The van der Waals surface area contributed by atoms with E-state index < -0.39 is 5.97 Å². The summed E-state index contributed by atoms with van der Waals surface area (Å²) in [6.07, 6.45) is 2.28. The summed E-state index contributed by atoms with van der Waals surface area (Å²) < 4.78 is 5.62. The summed E-state index contributed by atoms with van der Waals surface area (Å²) >= 11 is 7.48. The molecule has 1 fully saturated rings. The van der Waals surface area contributed by atoms with Gasteiger partial charge in [0.1, 0.15) is 10.9 Å². The Morgan fingerprint density at radius 3 is 2.69 bits per heavy atom. The van der Waals surface area contributed by atoms with Crippen LogP contribution in [0, 0.1) is 0 Å². The number of anilines is 1. The molecule has 1 aromatic heterocycles. The molecule has 29 heavy (non-hydrogen) atoms. The highest BCUT2D eigenvalue weighted by atomic mass is 35.5. The van der Waals surface area contributed by atoms with E-state index in [0.717, 1.165) is 16.9 Å². The highest BCUT2D eigenvalue weighted by Crippen LogP contribution is 2.30. The van der Waals surface area contributed by atoms with Crippen LogP contribution in [0.4, 0.5) is 5.13 Å². The van der Waals surface area contributed by atoms with E-state index >= 15 is 0 Å². The number of halogens is 1. The number of aryl methyl sites for hydroxylation is 1. The number of aliphatic imine (C=N–C) groups is 1. The predicted molar refractivity (Wildman–Crippen MR) is 113 cm³/mol. The normalized spacial score (nSPS) is 22.1. The van der Waals surface area contributed by atoms with Crippen LogP contribution < -0.4 is 10.2 Å². The fourth-order valence-electron chi connectivity index (χ4n) is 3.54. The first-order chi connectivity index (χ1) is 13.9. The van der Waals surface area contributed by atoms with Gasteiger partial charge in [-0.15, -0.1) is 11.3 Å². The van der Waals surface area contributed by atoms with Gasteiger partial charge in [0.25, 0.3) is 5.91 Å². The zero-order valence-corrected chi connectivity index (χ0v) is 18.3. The van der Waals surface area contributed by atoms with Crippen molar-refractivity contribution >= 4 is 45.7 Å². The Bertz CT molecular complexity index is 866. The van der Waals surface area contributed by atoms with E-state index in [9.17, 15) is 14.7 Å². The van der Waals surface area contributed by atoms with Crippen LogP contribution in [0.1, 0.15) is 48.5 Å². The van der Waals surface area contributed by atoms with Crippen LogP contribution in [0.25, 0.3) is 0 Å². The van der Waals surface area contributed by atoms with Gasteiger partial charge >= 0.3 is 5.97 Å². The number of amides is 1. The number of nitrogens with one attached hydrogen (secondary N) is 1. The summed E-state index contributed by atoms with van der Waals surface area (Å²) in [5, 5.41) is 13.5. The molecule has 8 nitrogen and oxygen atoms in total. The number of nitrogens with zero attached hydrogens (tertiary/aromatic N) is 3. The molecule has 3 rings (SSSR count). The van der Waals surface area contributed by atoms with Crippen LogP contribution in [-0.4, -0.2) is 60.0 Å². The van der Waals surface area contributed by atoms with Crippen molar-refractivity contribution in [1.82, 2.24) is 10.3 Å². The molecular formula is C19H25ClN4O4S. The maximum Gasteiger partial charge on any atom is 0.355 e. The second-order valence-electron chi connectivity index (χ2n) is 7.00. The van der Waals surface area contributed by atoms with Gasteiger partial charge in [0, 0.05) is 31.5 Å². The van der Waals surface area contributed by atoms with Crippen LogP contribution in [0.3, 0.4) is 0 Å². The van der Waals surface area contributed by atoms with E-state index in [1.807, 2.05) is 18.7 Å². The number of hydrogen-bond donors (Lipinski definition) is 2. The molecule has 0 bridgehead atoms. The van der Waals surface area contributed by atoms with E-state index in [-0.39, 0.29) is 23.7 Å². The number of rotatable bonds is 7. The SMILES string of the molecule is CCC1=C(Cl)N=C(C(=O)N[C@@H]2CCN(c3nc(C(=O)O)c(CC)s3)C[C@@H]2OC)C1. The summed E-state index contributed by atoms with van der Waals surface area (Å²) in [7, 11) is 1.61. The van der Waals surface area contributed by atoms with Crippen molar-refractivity contribution in [1.29, 1.82) is 0 Å². The highest BCUT2D eigenvalue weighted by Gasteiger charge is 2.34. The molecular weight excluding hydrogens is 416 g/mol. The fraction of sp³-hybridized carbons (Fsp3) is 0.579. The van der Waals surface area contributed by atoms with E-state index in [1.165, 1.54) is 11.3 Å². The zero-order chi connectivity index (χ0) is 21.1. The molecule has 1 aromatic rings. The molecule has 0 spiro atoms. The van der Waals surface area contributed by atoms with Crippen molar-refractivity contribution in [2.75, 3.05) is 25.1 Å². The van der Waals surface area contributed by atoms with Crippen molar-refractivity contribution in [3.63, 3.8) is 0 Å². The number of carboxylic acid groups (broad SMARTS) is 1. The lowest BCUT2D eigenvalue weighted by Gasteiger charge is -2.38. The maximum absolute atomic E-state index is 12.6. The molecule has 1 saturated heterocycles. The van der Waals surface area contributed by atoms with Crippen molar-refractivity contribution < 1.29 is 19.4 Å². The van der Waals surface area contributed by atoms with Gasteiger partial charge in [-0.1, -0.05) is 25.4 Å². The van der Waals surface area contributed by atoms with Crippen LogP contribution in [0.5, 0.6) is 0 Å². The Kier molecular flexibility index (Phi) is 6.92. The lowest BCUT2D eigenvalue weighted by Crippen LogP contribution is -2.55. The number of thiazole rings is 1. The summed E-state index contributed by atoms with van der Waals surface area (Å²) in [6, 6.07) is -0.166. The third-order valence-corrected chi connectivity index (χ3v) is 6.87. The quantitative estimate of drug-likeness (QED) is 0.632. The van der Waals surface area contributed by atoms with E-state index in [1.54, 1.807) is 7.11 Å². The van der Waals surface area contributed by atoms with Gasteiger partial charge in [0.05, 0.1) is 12.1 Å². The van der Waals surface area contributed by atoms with E-state index in [2.05, 4.69) is 15.3 Å². The largest absolute Gasteiger partial charge is 0.476 e. The molecule has 1 amide bonds. The summed E-state index contributed by atoms with van der Waals surface area (Å²) in [5.74, 6) is -1.23. The Labute approximate surface area is 178 Å². The molecule has 0 radical (unpaired) electrons. The van der Waals surface area contributed by atoms with Crippen molar-refractivity contribution in [3.05, 3.63) is 21.3 Å². The second-order valence-corrected chi connectivity index (χ2v) is 8.42. The average molecular weight is 441 g/mol. The minimum Gasteiger partial charge on any atom is -0.476 e. The number of carboxylic acids is 1. The lowest BCUT2D eigenvalue weighted by atomic mass is 10.0. The zero-order valence-electron chi connectivity index (χ0n) is 16.7. The van der Waals surface area contributed by atoms with Crippen molar-refractivity contribution in [2.24, 2.45) is 4.99 Å². The molecule has 158 valence electrons. The Hall–Kier alpha value is -1.97. The summed E-state index contributed by atoms with van der Waals surface area (Å²) in [4.78, 5) is 35.3. The number of piperidine rings is 1. The minimum atomic E-state index is -1.01. The van der Waals surface area contributed by atoms with Gasteiger partial charge in [-0.25, -0.2) is 14.8 Å². The molecule has 0 aliphatic carbocycles. The number of ether oxygens (including phenoxy) is 1. The lowest BCUT2D eigenvalue weighted by molar-refractivity contribution is -0.116. The van der Waals surface area contributed by atoms with E-state index in [0.29, 0.717) is 48.4 Å². The highest BCUT2D eigenvalue weighted by molar-refractivity contribution is 7.15. The molecule has 3 heterocycles. The monoisotopic (exact) mass is 440 g/mol. The smallest absolute Gasteiger partial charge is 0.355 e. The fourth-order valence-corrected chi connectivity index (χ4v) is 4.87. The van der Waals surface area contributed by atoms with Crippen LogP contribution in [0.15, 0.2) is 15.7 Å². The first-order valence-corrected chi connectivity index (χ1v) is 10.8. The van der Waals surface area contributed by atoms with Crippen LogP contribution in [0.2, 0.25) is 0 Å². The number of methoxy groups -OCH3 is 1. The maximum atomic E-state index is 12.6. The Morgan fingerprint density at radius 1 is 1.38 bits per heavy atom. The van der Waals surface area contributed by atoms with Gasteiger partial charge in [-0.2, -0.15) is 0 Å². The Balaban J connectivity index is 1.65. The molecule has 2 N–H and O–H groups in total. The molecule has 2 atom stereocenters. The topological polar surface area (TPSA) is 104 Å². The number of aromatic carboxylic acids is 1. The van der Waals surface area contributed by atoms with Crippen molar-refractivity contribution in [2.45, 2.75) is 51.7 Å². The molecule has 0 saturated carbocycles. The van der Waals surface area contributed by atoms with Gasteiger partial charge in [-0.3, -0.25) is 4.79 Å².